The maximum absolute atomic E-state index is 5.73. The van der Waals surface area contributed by atoms with Crippen molar-refractivity contribution in [2.24, 2.45) is 5.73 Å². The van der Waals surface area contributed by atoms with Crippen LogP contribution < -0.4 is 22.9 Å². The molecule has 0 unspecified atom stereocenters. The van der Waals surface area contributed by atoms with E-state index in [0.717, 1.165) is 38.7 Å². The van der Waals surface area contributed by atoms with Gasteiger partial charge in [0.15, 0.2) is 28.3 Å². The molecule has 14 nitrogen and oxygen atoms in total. The molecule has 6 heterocycles. The highest BCUT2D eigenvalue weighted by Gasteiger charge is 2.12. The number of aromatic nitrogens is 8. The smallest absolute Gasteiger partial charge is 0.193 e. The summed E-state index contributed by atoms with van der Waals surface area (Å²) >= 11 is 0. The molecule has 0 amide bonds. The van der Waals surface area contributed by atoms with Gasteiger partial charge in [-0.2, -0.15) is 5.10 Å². The van der Waals surface area contributed by atoms with Crippen molar-refractivity contribution in [3.8, 4) is 11.3 Å². The van der Waals surface area contributed by atoms with E-state index >= 15 is 0 Å². The number of H-pyrrole nitrogens is 2. The van der Waals surface area contributed by atoms with Gasteiger partial charge in [0.1, 0.15) is 12.1 Å². The van der Waals surface area contributed by atoms with Crippen LogP contribution in [0.3, 0.4) is 0 Å². The van der Waals surface area contributed by atoms with Crippen LogP contribution in [-0.4, -0.2) is 40.4 Å². The zero-order chi connectivity index (χ0) is 59.2. The van der Waals surface area contributed by atoms with E-state index in [9.17, 15) is 0 Å². The number of hydrogen-bond donors (Lipinski definition) is 6. The van der Waals surface area contributed by atoms with E-state index in [0.29, 0.717) is 70.6 Å². The summed E-state index contributed by atoms with van der Waals surface area (Å²) in [5.41, 5.74) is 43.2. The molecule has 0 radical (unpaired) electrons. The molecule has 11 aromatic rings. The van der Waals surface area contributed by atoms with Gasteiger partial charge in [0.2, 0.25) is 0 Å². The molecule has 11 rings (SSSR count). The number of benzene rings is 5. The summed E-state index contributed by atoms with van der Waals surface area (Å²) in [6.07, 6.45) is 5.08. The Morgan fingerprint density at radius 2 is 1.05 bits per heavy atom. The summed E-state index contributed by atoms with van der Waals surface area (Å²) in [6.45, 7) is 35.2. The number of hydrogen-bond acceptors (Lipinski definition) is 12. The lowest BCUT2D eigenvalue weighted by atomic mass is 9.98. The first kappa shape index (κ1) is 61.8. The highest BCUT2D eigenvalue weighted by atomic mass is 16.5. The molecule has 5 aromatic carbocycles. The lowest BCUT2D eigenvalue weighted by Crippen LogP contribution is -2.00. The molecule has 81 heavy (non-hydrogen) atoms. The van der Waals surface area contributed by atoms with Gasteiger partial charge in [0.25, 0.3) is 0 Å². The number of rotatable bonds is 8. The average molecular weight is 1090 g/mol. The Morgan fingerprint density at radius 3 is 1.65 bits per heavy atom. The first-order valence-corrected chi connectivity index (χ1v) is 28.1. The third kappa shape index (κ3) is 16.2. The Morgan fingerprint density at radius 1 is 0.494 bits per heavy atom. The molecule has 0 atom stereocenters. The largest absolute Gasteiger partial charge is 0.383 e. The molecule has 14 heteroatoms. The summed E-state index contributed by atoms with van der Waals surface area (Å²) in [5, 5.41) is 17.5. The van der Waals surface area contributed by atoms with Crippen molar-refractivity contribution < 1.29 is 9.05 Å². The number of pyridine rings is 1. The molecule has 0 aliphatic rings. The van der Waals surface area contributed by atoms with Gasteiger partial charge in [0, 0.05) is 40.9 Å². The fourth-order valence-electron chi connectivity index (χ4n) is 8.90. The van der Waals surface area contributed by atoms with E-state index < -0.39 is 0 Å². The van der Waals surface area contributed by atoms with Gasteiger partial charge < -0.3 is 37.0 Å². The first-order chi connectivity index (χ1) is 38.5. The summed E-state index contributed by atoms with van der Waals surface area (Å²) in [6, 6.07) is 36.0. The second-order valence-corrected chi connectivity index (χ2v) is 22.6. The van der Waals surface area contributed by atoms with Crippen molar-refractivity contribution in [1.29, 1.82) is 0 Å². The second-order valence-electron chi connectivity index (χ2n) is 22.6. The van der Waals surface area contributed by atoms with E-state index in [1.54, 1.807) is 12.4 Å². The molecule has 0 fully saturated rings. The highest BCUT2D eigenvalue weighted by Crippen LogP contribution is 2.30. The first-order valence-electron chi connectivity index (χ1n) is 28.1. The van der Waals surface area contributed by atoms with Crippen LogP contribution in [0.2, 0.25) is 0 Å². The van der Waals surface area contributed by atoms with Crippen LogP contribution in [0.15, 0.2) is 131 Å². The van der Waals surface area contributed by atoms with Crippen LogP contribution in [0.1, 0.15) is 180 Å². The number of nitrogens with one attached hydrogen (secondary N) is 2. The molecule has 0 aliphatic heterocycles. The number of anilines is 3. The maximum Gasteiger partial charge on any atom is 0.193 e. The minimum absolute atomic E-state index is 0.352. The van der Waals surface area contributed by atoms with Crippen LogP contribution >= 0.6 is 0 Å². The van der Waals surface area contributed by atoms with Crippen molar-refractivity contribution >= 4 is 61.3 Å². The number of fused-ring (bicyclic) bond motifs is 4. The van der Waals surface area contributed by atoms with Crippen LogP contribution in [0.25, 0.3) is 55.1 Å². The van der Waals surface area contributed by atoms with Gasteiger partial charge in [-0.25, -0.2) is 15.0 Å². The summed E-state index contributed by atoms with van der Waals surface area (Å²) < 4.78 is 10.1. The molecule has 6 aromatic heterocycles. The molecular weight excluding hydrogens is 1000 g/mol. The van der Waals surface area contributed by atoms with E-state index in [4.69, 9.17) is 32.0 Å². The van der Waals surface area contributed by atoms with Gasteiger partial charge >= 0.3 is 0 Å². The van der Waals surface area contributed by atoms with E-state index in [-0.39, 0.29) is 0 Å². The third-order valence-electron chi connectivity index (χ3n) is 14.5. The van der Waals surface area contributed by atoms with Crippen molar-refractivity contribution in [3.63, 3.8) is 0 Å². The second kappa shape index (κ2) is 28.2. The van der Waals surface area contributed by atoms with E-state index in [2.05, 4.69) is 223 Å². The summed E-state index contributed by atoms with van der Waals surface area (Å²) in [4.78, 5) is 15.7. The zero-order valence-electron chi connectivity index (χ0n) is 50.5. The lowest BCUT2D eigenvalue weighted by molar-refractivity contribution is 0.460. The predicted octanol–water partition coefficient (Wildman–Crippen LogP) is 16.8. The number of aromatic amines is 2. The normalized spacial score (nSPS) is 11.1. The van der Waals surface area contributed by atoms with Crippen molar-refractivity contribution in [3.05, 3.63) is 183 Å². The molecule has 0 saturated carbocycles. The van der Waals surface area contributed by atoms with E-state index in [1.807, 2.05) is 31.2 Å². The Hall–Kier alpha value is -8.36. The minimum atomic E-state index is 0.352. The SMILES string of the molecule is CC(C)c1ccc(-c2ccn[nH]2)cc1.CC(C)c1ccc2c(N)ncnc2c1.CC(C)c1cnc2c(N)noc2c1.Cc1[nH]c2ccc(C(C)C)cc2c1C.Cc1cc(C(C)C)cc2onc(N)c12.Cc1cc(C(C)C)ccc1CN. The number of nitrogens with zero attached hydrogens (tertiary/aromatic N) is 6. The topological polar surface area (TPSA) is 239 Å². The number of aryl methyl sites for hydroxylation is 4. The highest BCUT2D eigenvalue weighted by molar-refractivity contribution is 5.91. The molecule has 0 aliphatic carbocycles. The fourth-order valence-corrected chi connectivity index (χ4v) is 8.90. The third-order valence-corrected chi connectivity index (χ3v) is 14.5. The molecule has 0 saturated heterocycles. The van der Waals surface area contributed by atoms with Gasteiger partial charge in [0.05, 0.1) is 16.6 Å². The lowest BCUT2D eigenvalue weighted by Gasteiger charge is -2.08. The average Bonchev–Trinajstić information content (AvgIpc) is 4.29. The van der Waals surface area contributed by atoms with Crippen LogP contribution in [0.5, 0.6) is 0 Å². The standard InChI is InChI=1S/C13H17N.C12H14N2.C11H13N3.C11H14N2O.C11H17N.C9H11N3O/c1-8(2)11-5-6-13-12(7-11)9(3)10(4)14-13;1-9(2)10-3-5-11(6-4-10)12-7-8-13-14-12;1-7(2)8-3-4-9-10(5-8)13-6-14-11(9)12;1-6(2)8-4-7(3)10-9(5-8)14-13-11(10)12;1-8(2)10-4-5-11(7-12)9(3)6-10;1-5(2)6-3-7-8(11-4-6)9(10)12-13-7/h5-8,14H,1-4H3;3-9H,1-2H3,(H,13,14);3-7H,1-2H3,(H2,12,13,14);4-6H,1-3H3,(H2,12,13);4-6,8H,7,12H2,1-3H3;3-5H,1-2H3,(H2,10,12). The van der Waals surface area contributed by atoms with Gasteiger partial charge in [-0.3, -0.25) is 5.10 Å². The fraction of sp³-hybridized carbons (Fsp3) is 0.343. The monoisotopic (exact) mass is 1090 g/mol. The molecule has 0 bridgehead atoms. The van der Waals surface area contributed by atoms with Crippen LogP contribution in [0, 0.1) is 27.7 Å². The zero-order valence-corrected chi connectivity index (χ0v) is 50.5. The van der Waals surface area contributed by atoms with Crippen molar-refractivity contribution in [1.82, 2.24) is 40.4 Å². The van der Waals surface area contributed by atoms with E-state index in [1.165, 1.54) is 73.0 Å². The van der Waals surface area contributed by atoms with Gasteiger partial charge in [-0.05, 0) is 167 Å². The number of nitrogen functional groups attached to an aromatic ring is 3. The van der Waals surface area contributed by atoms with Crippen molar-refractivity contribution in [2.45, 2.75) is 153 Å². The predicted molar refractivity (Wildman–Crippen MR) is 339 cm³/mol. The number of nitrogens with two attached hydrogens (primary N) is 4. The molecule has 10 N–H and O–H groups in total. The summed E-state index contributed by atoms with van der Waals surface area (Å²) in [7, 11) is 0. The molecule has 426 valence electrons. The van der Waals surface area contributed by atoms with Gasteiger partial charge in [-0.15, -0.1) is 0 Å². The van der Waals surface area contributed by atoms with Crippen molar-refractivity contribution in [2.75, 3.05) is 17.2 Å². The summed E-state index contributed by atoms with van der Waals surface area (Å²) in [5.74, 6) is 4.61. The Labute approximate surface area is 478 Å². The van der Waals surface area contributed by atoms with Gasteiger partial charge in [-0.1, -0.05) is 154 Å². The Balaban J connectivity index is 0.000000157. The maximum atomic E-state index is 5.73. The van der Waals surface area contributed by atoms with Crippen LogP contribution in [-0.2, 0) is 6.54 Å². The molecule has 0 spiro atoms. The Bertz CT molecular complexity index is 3750. The Kier molecular flexibility index (Phi) is 21.5. The minimum Gasteiger partial charge on any atom is -0.383 e. The van der Waals surface area contributed by atoms with Crippen LogP contribution in [0.4, 0.5) is 17.5 Å². The quantitative estimate of drug-likeness (QED) is 0.0833. The molecular formula is C67H86N12O2.